The maximum Gasteiger partial charge on any atom is -0.0326 e. The van der Waals surface area contributed by atoms with Crippen LogP contribution in [0.15, 0.2) is 0 Å². The van der Waals surface area contributed by atoms with E-state index in [1.807, 2.05) is 0 Å². The molecule has 0 heterocycles. The van der Waals surface area contributed by atoms with Crippen LogP contribution in [-0.2, 0) is 0 Å². The van der Waals surface area contributed by atoms with Crippen molar-refractivity contribution < 1.29 is 0 Å². The van der Waals surface area contributed by atoms with Crippen LogP contribution in [0.25, 0.3) is 0 Å². The normalized spacial score (nSPS) is 53.4. The second-order valence-electron chi connectivity index (χ2n) is 6.90. The largest absolute Gasteiger partial charge is 0.0651 e. The molecule has 7 atom stereocenters. The quantitative estimate of drug-likeness (QED) is 0.586. The molecule has 2 aliphatic carbocycles. The van der Waals surface area contributed by atoms with Gasteiger partial charge in [-0.1, -0.05) is 47.5 Å². The maximum absolute atomic E-state index is 2.54. The van der Waals surface area contributed by atoms with Crippen LogP contribution in [0.4, 0.5) is 0 Å². The Bertz CT molecular complexity index is 230. The molecule has 2 rings (SSSR count). The monoisotopic (exact) mass is 222 g/mol. The first-order valence-corrected chi connectivity index (χ1v) is 7.56. The summed E-state index contributed by atoms with van der Waals surface area (Å²) in [7, 11) is 0. The lowest BCUT2D eigenvalue weighted by Gasteiger charge is -2.52. The first-order valence-electron chi connectivity index (χ1n) is 7.56. The fourth-order valence-electron chi connectivity index (χ4n) is 4.94. The molecule has 0 saturated heterocycles. The Morgan fingerprint density at radius 2 is 1.56 bits per heavy atom. The Hall–Kier alpha value is 0. The molecule has 0 nitrogen and oxygen atoms in total. The zero-order chi connectivity index (χ0) is 11.9. The molecule has 3 unspecified atom stereocenters. The van der Waals surface area contributed by atoms with Crippen molar-refractivity contribution in [2.45, 2.75) is 60.3 Å². The van der Waals surface area contributed by atoms with Crippen molar-refractivity contribution in [1.29, 1.82) is 0 Å². The lowest BCUT2D eigenvalue weighted by atomic mass is 9.53. The second-order valence-corrected chi connectivity index (χ2v) is 6.90. The molecule has 94 valence electrons. The Morgan fingerprint density at radius 3 is 2.19 bits per heavy atom. The van der Waals surface area contributed by atoms with Crippen LogP contribution in [0.1, 0.15) is 60.3 Å². The fourth-order valence-corrected chi connectivity index (χ4v) is 4.94. The van der Waals surface area contributed by atoms with Crippen LogP contribution in [0.3, 0.4) is 0 Å². The molecule has 0 aromatic carbocycles. The van der Waals surface area contributed by atoms with Gasteiger partial charge in [-0.25, -0.2) is 0 Å². The first-order chi connectivity index (χ1) is 7.56. The molecule has 0 amide bonds. The summed E-state index contributed by atoms with van der Waals surface area (Å²) >= 11 is 0. The summed E-state index contributed by atoms with van der Waals surface area (Å²) in [5, 5.41) is 0. The summed E-state index contributed by atoms with van der Waals surface area (Å²) in [5.74, 6) is 6.96. The second kappa shape index (κ2) is 4.70. The topological polar surface area (TPSA) is 0 Å². The Kier molecular flexibility index (Phi) is 3.66. The van der Waals surface area contributed by atoms with E-state index in [-0.39, 0.29) is 0 Å². The van der Waals surface area contributed by atoms with E-state index < -0.39 is 0 Å². The van der Waals surface area contributed by atoms with Gasteiger partial charge >= 0.3 is 0 Å². The summed E-state index contributed by atoms with van der Waals surface area (Å²) in [4.78, 5) is 0. The highest BCUT2D eigenvalue weighted by Gasteiger charge is 2.45. The van der Waals surface area contributed by atoms with Crippen LogP contribution in [-0.4, -0.2) is 0 Å². The molecule has 0 aliphatic heterocycles. The number of hydrogen-bond acceptors (Lipinski definition) is 0. The predicted octanol–water partition coefficient (Wildman–Crippen LogP) is 4.99. The van der Waals surface area contributed by atoms with Crippen LogP contribution in [0.5, 0.6) is 0 Å². The molecule has 0 aromatic heterocycles. The van der Waals surface area contributed by atoms with Gasteiger partial charge in [-0.2, -0.15) is 0 Å². The fraction of sp³-hybridized carbons (Fsp3) is 1.00. The molecular formula is C16H30. The highest BCUT2D eigenvalue weighted by atomic mass is 14.5. The van der Waals surface area contributed by atoms with Crippen molar-refractivity contribution in [1.82, 2.24) is 0 Å². The van der Waals surface area contributed by atoms with Crippen molar-refractivity contribution in [2.24, 2.45) is 41.4 Å². The van der Waals surface area contributed by atoms with Crippen molar-refractivity contribution in [2.75, 3.05) is 0 Å². The highest BCUT2D eigenvalue weighted by molar-refractivity contribution is 4.94. The van der Waals surface area contributed by atoms with E-state index in [1.165, 1.54) is 25.7 Å². The number of rotatable bonds is 1. The van der Waals surface area contributed by atoms with Crippen molar-refractivity contribution in [3.8, 4) is 0 Å². The zero-order valence-corrected chi connectivity index (χ0v) is 11.9. The summed E-state index contributed by atoms with van der Waals surface area (Å²) in [6, 6.07) is 0. The molecular weight excluding hydrogens is 192 g/mol. The van der Waals surface area contributed by atoms with E-state index in [4.69, 9.17) is 0 Å². The summed E-state index contributed by atoms with van der Waals surface area (Å²) < 4.78 is 0. The third kappa shape index (κ3) is 1.93. The lowest BCUT2D eigenvalue weighted by molar-refractivity contribution is -0.0286. The van der Waals surface area contributed by atoms with E-state index in [1.54, 1.807) is 0 Å². The van der Waals surface area contributed by atoms with E-state index >= 15 is 0 Å². The highest BCUT2D eigenvalue weighted by Crippen LogP contribution is 2.53. The van der Waals surface area contributed by atoms with Crippen LogP contribution in [0, 0.1) is 41.4 Å². The predicted molar refractivity (Wildman–Crippen MR) is 71.3 cm³/mol. The van der Waals surface area contributed by atoms with Crippen LogP contribution < -0.4 is 0 Å². The van der Waals surface area contributed by atoms with Crippen LogP contribution in [0.2, 0.25) is 0 Å². The zero-order valence-electron chi connectivity index (χ0n) is 11.9. The molecule has 0 N–H and O–H groups in total. The SMILES string of the molecule is CC[C@@H]1[C@@H]2C(CC[C@@H]1C)CC(C)C(C)[C@@H]2C. The number of fused-ring (bicyclic) bond motifs is 1. The molecule has 0 radical (unpaired) electrons. The first kappa shape index (κ1) is 12.5. The average Bonchev–Trinajstić information content (AvgIpc) is 2.27. The van der Waals surface area contributed by atoms with Crippen molar-refractivity contribution in [3.05, 3.63) is 0 Å². The van der Waals surface area contributed by atoms with Gasteiger partial charge in [0.1, 0.15) is 0 Å². The molecule has 0 heteroatoms. The van der Waals surface area contributed by atoms with Gasteiger partial charge in [0.25, 0.3) is 0 Å². The maximum atomic E-state index is 2.54. The molecule has 16 heavy (non-hydrogen) atoms. The number of hydrogen-bond donors (Lipinski definition) is 0. The molecule has 2 aliphatic rings. The lowest BCUT2D eigenvalue weighted by Crippen LogP contribution is -2.45. The molecule has 2 fully saturated rings. The van der Waals surface area contributed by atoms with Gasteiger partial charge in [0.05, 0.1) is 0 Å². The Labute approximate surface area is 102 Å². The van der Waals surface area contributed by atoms with Crippen molar-refractivity contribution >= 4 is 0 Å². The summed E-state index contributed by atoms with van der Waals surface area (Å²) in [5.41, 5.74) is 0. The average molecular weight is 222 g/mol. The van der Waals surface area contributed by atoms with Crippen molar-refractivity contribution in [3.63, 3.8) is 0 Å². The Balaban J connectivity index is 2.19. The van der Waals surface area contributed by atoms with Gasteiger partial charge in [-0.15, -0.1) is 0 Å². The minimum atomic E-state index is 0.945. The van der Waals surface area contributed by atoms with Gasteiger partial charge < -0.3 is 0 Å². The minimum absolute atomic E-state index is 0.945. The van der Waals surface area contributed by atoms with Crippen LogP contribution >= 0.6 is 0 Å². The van der Waals surface area contributed by atoms with E-state index in [2.05, 4.69) is 34.6 Å². The van der Waals surface area contributed by atoms with E-state index in [0.717, 1.165) is 41.4 Å². The smallest absolute Gasteiger partial charge is 0.0326 e. The Morgan fingerprint density at radius 1 is 0.875 bits per heavy atom. The summed E-state index contributed by atoms with van der Waals surface area (Å²) in [6.07, 6.45) is 5.93. The van der Waals surface area contributed by atoms with Gasteiger partial charge in [0.2, 0.25) is 0 Å². The standard InChI is InChI=1S/C16H30/c1-6-15-10(2)7-8-14-9-11(3)12(4)13(5)16(14)15/h10-16H,6-9H2,1-5H3/t10-,11?,12?,13-,14?,15-,16-/m0/s1. The third-order valence-corrected chi connectivity index (χ3v) is 6.24. The third-order valence-electron chi connectivity index (χ3n) is 6.24. The van der Waals surface area contributed by atoms with Gasteiger partial charge in [0.15, 0.2) is 0 Å². The molecule has 0 spiro atoms. The molecule has 2 saturated carbocycles. The van der Waals surface area contributed by atoms with Gasteiger partial charge in [0, 0.05) is 0 Å². The molecule has 0 aromatic rings. The minimum Gasteiger partial charge on any atom is -0.0651 e. The van der Waals surface area contributed by atoms with Gasteiger partial charge in [-0.05, 0) is 54.3 Å². The van der Waals surface area contributed by atoms with Gasteiger partial charge in [-0.3, -0.25) is 0 Å². The van der Waals surface area contributed by atoms with E-state index in [9.17, 15) is 0 Å². The van der Waals surface area contributed by atoms with E-state index in [0.29, 0.717) is 0 Å². The summed E-state index contributed by atoms with van der Waals surface area (Å²) in [6.45, 7) is 12.4. The molecule has 0 bridgehead atoms.